The maximum atomic E-state index is 13.1. The second kappa shape index (κ2) is 7.00. The first-order valence-electron chi connectivity index (χ1n) is 9.34. The Bertz CT molecular complexity index is 814. The summed E-state index contributed by atoms with van der Waals surface area (Å²) in [5, 5.41) is 5.16. The first kappa shape index (κ1) is 17.5. The fourth-order valence-corrected chi connectivity index (χ4v) is 3.92. The molecule has 7 heteroatoms. The summed E-state index contributed by atoms with van der Waals surface area (Å²) in [7, 11) is 0. The molecule has 26 heavy (non-hydrogen) atoms. The molecule has 1 aromatic carbocycles. The zero-order valence-electron chi connectivity index (χ0n) is 14.9. The van der Waals surface area contributed by atoms with Crippen LogP contribution in [0, 0.1) is 0 Å². The molecule has 1 saturated heterocycles. The Morgan fingerprint density at radius 3 is 2.73 bits per heavy atom. The number of rotatable bonds is 4. The predicted octanol–water partition coefficient (Wildman–Crippen LogP) is 3.14. The molecule has 1 amide bonds. The van der Waals surface area contributed by atoms with Crippen molar-refractivity contribution in [3.8, 4) is 5.69 Å². The molecule has 1 aliphatic heterocycles. The lowest BCUT2D eigenvalue weighted by Crippen LogP contribution is -2.51. The van der Waals surface area contributed by atoms with Gasteiger partial charge in [0.25, 0.3) is 5.91 Å². The molecule has 4 rings (SSSR count). The lowest BCUT2D eigenvalue weighted by molar-refractivity contribution is 0.0571. The van der Waals surface area contributed by atoms with E-state index in [0.717, 1.165) is 43.6 Å². The fraction of sp³-hybridized carbons (Fsp3) is 0.526. The molecule has 2 atom stereocenters. The summed E-state index contributed by atoms with van der Waals surface area (Å²) in [6, 6.07) is 7.52. The van der Waals surface area contributed by atoms with Crippen molar-refractivity contribution in [1.29, 1.82) is 0 Å². The minimum absolute atomic E-state index is 0.0490. The highest BCUT2D eigenvalue weighted by molar-refractivity contribution is 6.32. The number of amides is 1. The van der Waals surface area contributed by atoms with Gasteiger partial charge in [-0.3, -0.25) is 4.79 Å². The maximum absolute atomic E-state index is 13.1. The van der Waals surface area contributed by atoms with E-state index in [-0.39, 0.29) is 23.8 Å². The highest BCUT2D eigenvalue weighted by Crippen LogP contribution is 2.40. The number of hydrogen-bond donors (Lipinski definition) is 1. The number of nitrogens with two attached hydrogens (primary N) is 1. The normalized spacial score (nSPS) is 21.7. The number of piperidine rings is 1. The topological polar surface area (TPSA) is 77.0 Å². The highest BCUT2D eigenvalue weighted by atomic mass is 35.5. The molecule has 2 fully saturated rings. The molecular weight excluding hydrogens is 350 g/mol. The fourth-order valence-electron chi connectivity index (χ4n) is 3.71. The number of nitrogens with zero attached hydrogens (tertiary/aromatic N) is 4. The quantitative estimate of drug-likeness (QED) is 0.893. The molecular formula is C19H24ClN5O. The average Bonchev–Trinajstić information content (AvgIpc) is 3.40. The van der Waals surface area contributed by atoms with Crippen LogP contribution < -0.4 is 5.73 Å². The molecule has 0 bridgehead atoms. The number of carbonyl (C=O) groups is 1. The van der Waals surface area contributed by atoms with Gasteiger partial charge in [-0.25, -0.2) is 9.67 Å². The maximum Gasteiger partial charge on any atom is 0.293 e. The monoisotopic (exact) mass is 373 g/mol. The highest BCUT2D eigenvalue weighted by Gasteiger charge is 2.35. The van der Waals surface area contributed by atoms with Gasteiger partial charge in [0.15, 0.2) is 0 Å². The third-order valence-corrected chi connectivity index (χ3v) is 5.58. The van der Waals surface area contributed by atoms with Gasteiger partial charge in [-0.15, -0.1) is 5.10 Å². The van der Waals surface area contributed by atoms with Crippen LogP contribution >= 0.6 is 11.6 Å². The Kier molecular flexibility index (Phi) is 4.71. The number of para-hydroxylation sites is 1. The van der Waals surface area contributed by atoms with Gasteiger partial charge in [-0.05, 0) is 51.2 Å². The third kappa shape index (κ3) is 3.23. The van der Waals surface area contributed by atoms with Crippen LogP contribution in [-0.2, 0) is 0 Å². The average molecular weight is 374 g/mol. The number of likely N-dealkylation sites (tertiary alicyclic amines) is 1. The molecule has 2 N–H and O–H groups in total. The van der Waals surface area contributed by atoms with E-state index in [1.807, 2.05) is 36.1 Å². The van der Waals surface area contributed by atoms with Gasteiger partial charge in [0.05, 0.1) is 10.7 Å². The van der Waals surface area contributed by atoms with E-state index in [4.69, 9.17) is 17.3 Å². The first-order chi connectivity index (χ1) is 12.6. The number of halogens is 1. The molecule has 2 unspecified atom stereocenters. The summed E-state index contributed by atoms with van der Waals surface area (Å²) in [4.78, 5) is 19.6. The van der Waals surface area contributed by atoms with Crippen LogP contribution in [0.15, 0.2) is 24.3 Å². The molecule has 2 aliphatic rings. The lowest BCUT2D eigenvalue weighted by Gasteiger charge is -2.37. The van der Waals surface area contributed by atoms with Crippen LogP contribution in [-0.4, -0.2) is 44.2 Å². The Morgan fingerprint density at radius 2 is 2.04 bits per heavy atom. The number of aromatic nitrogens is 3. The van der Waals surface area contributed by atoms with E-state index in [2.05, 4.69) is 10.1 Å². The number of carbonyl (C=O) groups excluding carboxylic acids is 1. The van der Waals surface area contributed by atoms with Gasteiger partial charge in [-0.1, -0.05) is 23.7 Å². The van der Waals surface area contributed by atoms with E-state index in [0.29, 0.717) is 17.5 Å². The molecule has 2 aromatic rings. The SMILES string of the molecule is CC(N)C1CCCCN1C(=O)c1nc(C2CC2)n(-c2ccccc2Cl)n1. The first-order valence-corrected chi connectivity index (χ1v) is 9.72. The zero-order valence-corrected chi connectivity index (χ0v) is 15.7. The van der Waals surface area contributed by atoms with Gasteiger partial charge >= 0.3 is 0 Å². The Labute approximate surface area is 158 Å². The minimum Gasteiger partial charge on any atom is -0.331 e. The van der Waals surface area contributed by atoms with Gasteiger partial charge in [0, 0.05) is 24.5 Å². The van der Waals surface area contributed by atoms with Crippen molar-refractivity contribution in [1.82, 2.24) is 19.7 Å². The Morgan fingerprint density at radius 1 is 1.27 bits per heavy atom. The van der Waals surface area contributed by atoms with E-state index in [1.54, 1.807) is 4.68 Å². The summed E-state index contributed by atoms with van der Waals surface area (Å²) in [6.07, 6.45) is 5.18. The van der Waals surface area contributed by atoms with Gasteiger partial charge in [-0.2, -0.15) is 0 Å². The van der Waals surface area contributed by atoms with Crippen LogP contribution in [0.1, 0.15) is 61.4 Å². The third-order valence-electron chi connectivity index (χ3n) is 5.26. The smallest absolute Gasteiger partial charge is 0.293 e. The van der Waals surface area contributed by atoms with E-state index in [1.165, 1.54) is 0 Å². The van der Waals surface area contributed by atoms with Crippen molar-refractivity contribution in [3.63, 3.8) is 0 Å². The molecule has 1 aromatic heterocycles. The van der Waals surface area contributed by atoms with Crippen molar-refractivity contribution in [2.75, 3.05) is 6.54 Å². The van der Waals surface area contributed by atoms with Crippen molar-refractivity contribution in [2.45, 2.75) is 57.0 Å². The summed E-state index contributed by atoms with van der Waals surface area (Å²) < 4.78 is 1.75. The Hall–Kier alpha value is -1.92. The van der Waals surface area contributed by atoms with Crippen LogP contribution in [0.3, 0.4) is 0 Å². The summed E-state index contributed by atoms with van der Waals surface area (Å²) in [5.74, 6) is 1.31. The van der Waals surface area contributed by atoms with Crippen LogP contribution in [0.25, 0.3) is 5.69 Å². The molecule has 1 aliphatic carbocycles. The second-order valence-corrected chi connectivity index (χ2v) is 7.76. The van der Waals surface area contributed by atoms with E-state index < -0.39 is 0 Å². The predicted molar refractivity (Wildman–Crippen MR) is 101 cm³/mol. The van der Waals surface area contributed by atoms with Gasteiger partial charge in [0.2, 0.25) is 5.82 Å². The number of benzene rings is 1. The molecule has 138 valence electrons. The molecule has 6 nitrogen and oxygen atoms in total. The molecule has 0 radical (unpaired) electrons. The van der Waals surface area contributed by atoms with E-state index >= 15 is 0 Å². The zero-order chi connectivity index (χ0) is 18.3. The van der Waals surface area contributed by atoms with Crippen LogP contribution in [0.5, 0.6) is 0 Å². The van der Waals surface area contributed by atoms with Crippen molar-refractivity contribution < 1.29 is 4.79 Å². The molecule has 0 spiro atoms. The standard InChI is InChI=1S/C19H24ClN5O/c1-12(21)15-7-4-5-11-24(15)19(26)17-22-18(13-9-10-13)25(23-17)16-8-3-2-6-14(16)20/h2-3,6,8,12-13,15H,4-5,7,9-11,21H2,1H3. The minimum atomic E-state index is -0.125. The largest absolute Gasteiger partial charge is 0.331 e. The van der Waals surface area contributed by atoms with Crippen molar-refractivity contribution in [2.24, 2.45) is 5.73 Å². The summed E-state index contributed by atoms with van der Waals surface area (Å²) >= 11 is 6.36. The number of hydrogen-bond acceptors (Lipinski definition) is 4. The molecule has 2 heterocycles. The van der Waals surface area contributed by atoms with E-state index in [9.17, 15) is 4.79 Å². The van der Waals surface area contributed by atoms with Crippen LogP contribution in [0.2, 0.25) is 5.02 Å². The van der Waals surface area contributed by atoms with Crippen LogP contribution in [0.4, 0.5) is 0 Å². The van der Waals surface area contributed by atoms with Crippen molar-refractivity contribution in [3.05, 3.63) is 40.9 Å². The van der Waals surface area contributed by atoms with Gasteiger partial charge in [0.1, 0.15) is 5.82 Å². The van der Waals surface area contributed by atoms with Crippen molar-refractivity contribution >= 4 is 17.5 Å². The van der Waals surface area contributed by atoms with Gasteiger partial charge < -0.3 is 10.6 Å². The summed E-state index contributed by atoms with van der Waals surface area (Å²) in [6.45, 7) is 2.67. The lowest BCUT2D eigenvalue weighted by atomic mass is 9.97. The molecule has 1 saturated carbocycles. The second-order valence-electron chi connectivity index (χ2n) is 7.35. The Balaban J connectivity index is 1.70. The summed E-state index contributed by atoms with van der Waals surface area (Å²) in [5.41, 5.74) is 6.89.